The summed E-state index contributed by atoms with van der Waals surface area (Å²) >= 11 is 5.77. The van der Waals surface area contributed by atoms with Gasteiger partial charge in [0.05, 0.1) is 119 Å². The summed E-state index contributed by atoms with van der Waals surface area (Å²) < 4.78 is 83.0. The Morgan fingerprint density at radius 3 is 1.04 bits per heavy atom. The summed E-state index contributed by atoms with van der Waals surface area (Å²) in [4.78, 5) is 43.2. The number of esters is 1. The number of anilines is 3. The molecule has 11 heterocycles. The highest BCUT2D eigenvalue weighted by Crippen LogP contribution is 2.36. The van der Waals surface area contributed by atoms with Gasteiger partial charge >= 0.3 is 11.9 Å². The molecule has 0 aliphatic carbocycles. The second-order valence-corrected chi connectivity index (χ2v) is 31.6. The third kappa shape index (κ3) is 29.7. The van der Waals surface area contributed by atoms with E-state index in [0.717, 1.165) is 169 Å². The van der Waals surface area contributed by atoms with Gasteiger partial charge in [-0.1, -0.05) is 0 Å². The molecule has 7 aromatic carbocycles. The average Bonchev–Trinajstić information content (AvgIpc) is 1.69. The van der Waals surface area contributed by atoms with E-state index in [4.69, 9.17) is 91.9 Å². The summed E-state index contributed by atoms with van der Waals surface area (Å²) in [6.07, 6.45) is 10.3. The van der Waals surface area contributed by atoms with Crippen molar-refractivity contribution in [3.63, 3.8) is 0 Å². The van der Waals surface area contributed by atoms with Gasteiger partial charge in [0.2, 0.25) is 0 Å². The lowest BCUT2D eigenvalue weighted by Gasteiger charge is -2.32. The van der Waals surface area contributed by atoms with Gasteiger partial charge in [-0.3, -0.25) is 9.68 Å². The molecule has 0 amide bonds. The Morgan fingerprint density at radius 1 is 0.387 bits per heavy atom. The maximum atomic E-state index is 11.0. The van der Waals surface area contributed by atoms with Crippen LogP contribution in [0.25, 0.3) is 54.8 Å². The number of rotatable bonds is 27. The Kier molecular flexibility index (Phi) is 39.3. The zero-order valence-electron chi connectivity index (χ0n) is 78.5. The number of H-pyrrole nitrogens is 1. The lowest BCUT2D eigenvalue weighted by Crippen LogP contribution is -2.34. The van der Waals surface area contributed by atoms with Crippen LogP contribution in [-0.2, 0) is 9.62 Å². The van der Waals surface area contributed by atoms with Crippen LogP contribution in [0.15, 0.2) is 191 Å². The molecule has 38 nitrogen and oxygen atoms in total. The first-order valence-electron chi connectivity index (χ1n) is 44.7. The van der Waals surface area contributed by atoms with Crippen molar-refractivity contribution in [1.29, 1.82) is 0 Å². The molecule has 137 heavy (non-hydrogen) atoms. The first kappa shape index (κ1) is 102. The number of alkyl halides is 1. The molecule has 3 fully saturated rings. The average molecular weight is 1910 g/mol. The minimum atomic E-state index is -1.01. The van der Waals surface area contributed by atoms with Crippen LogP contribution in [0.4, 0.5) is 17.5 Å². The number of phenols is 3. The van der Waals surface area contributed by atoms with Crippen LogP contribution in [0.2, 0.25) is 0 Å². The molecule has 18 rings (SSSR count). The number of aromatic nitrogens is 11. The molecule has 3 aliphatic rings. The van der Waals surface area contributed by atoms with Gasteiger partial charge in [-0.2, -0.15) is 25.7 Å². The normalized spacial score (nSPS) is 13.0. The fourth-order valence-electron chi connectivity index (χ4n) is 14.6. The van der Waals surface area contributed by atoms with Gasteiger partial charge in [0.25, 0.3) is 29.1 Å². The Balaban J connectivity index is 0.000000154. The monoisotopic (exact) mass is 1910 g/mol. The van der Waals surface area contributed by atoms with Crippen molar-refractivity contribution in [2.75, 3.05) is 135 Å². The number of piperidine rings is 3. The van der Waals surface area contributed by atoms with Crippen molar-refractivity contribution < 1.29 is 110 Å². The van der Waals surface area contributed by atoms with Crippen LogP contribution < -0.4 is 67.6 Å². The van der Waals surface area contributed by atoms with Gasteiger partial charge < -0.3 is 105 Å². The van der Waals surface area contributed by atoms with Gasteiger partial charge in [0.15, 0.2) is 45.4 Å². The highest BCUT2D eigenvalue weighted by molar-refractivity contribution is 6.17. The summed E-state index contributed by atoms with van der Waals surface area (Å²) in [6, 6.07) is 47.5. The Labute approximate surface area is 794 Å². The number of nitrogens with zero attached hydrogens (tertiary/aromatic N) is 13. The molecule has 0 bridgehead atoms. The van der Waals surface area contributed by atoms with Crippen LogP contribution in [0.5, 0.6) is 75.3 Å². The van der Waals surface area contributed by atoms with E-state index in [2.05, 4.69) is 98.9 Å². The van der Waals surface area contributed by atoms with E-state index in [1.807, 2.05) is 115 Å². The van der Waals surface area contributed by atoms with E-state index < -0.39 is 11.9 Å². The van der Waals surface area contributed by atoms with Crippen molar-refractivity contribution >= 4 is 95.8 Å². The molecule has 0 unspecified atom stereocenters. The maximum Gasteiger partial charge on any atom is 0.376 e. The second-order valence-electron chi connectivity index (χ2n) is 31.2. The van der Waals surface area contributed by atoms with Gasteiger partial charge in [-0.05, 0) is 266 Å². The number of aryl methyl sites for hydroxylation is 3. The molecule has 5 N–H and O–H groups in total. The number of aromatic amines is 1. The molecule has 15 aromatic rings. The first-order chi connectivity index (χ1) is 66.6. The Hall–Kier alpha value is -15.1. The van der Waals surface area contributed by atoms with E-state index in [9.17, 15) is 24.6 Å². The van der Waals surface area contributed by atoms with Crippen LogP contribution in [0.1, 0.15) is 123 Å². The van der Waals surface area contributed by atoms with Gasteiger partial charge in [-0.25, -0.2) is 9.59 Å². The number of methoxy groups -OCH3 is 5. The zero-order valence-corrected chi connectivity index (χ0v) is 79.3. The molecular weight excluding hydrogens is 1790 g/mol. The van der Waals surface area contributed by atoms with Crippen molar-refractivity contribution in [2.24, 2.45) is 17.8 Å². The first-order valence-corrected chi connectivity index (χ1v) is 45.3. The Morgan fingerprint density at radius 2 is 0.708 bits per heavy atom. The third-order valence-corrected chi connectivity index (χ3v) is 22.3. The summed E-state index contributed by atoms with van der Waals surface area (Å²) in [5, 5.41) is 82.6. The number of carbonyl (C=O) groups is 2. The minimum absolute atomic E-state index is 0.122. The fourth-order valence-corrected chi connectivity index (χ4v) is 14.9. The molecule has 3 saturated heterocycles. The van der Waals surface area contributed by atoms with Crippen molar-refractivity contribution in [3.8, 4) is 75.3 Å². The van der Waals surface area contributed by atoms with E-state index in [1.165, 1.54) is 70.6 Å². The molecule has 728 valence electrons. The number of phenolic OH excluding ortho intramolecular Hbond substituents is 3. The predicted octanol–water partition coefficient (Wildman–Crippen LogP) is 18.2. The third-order valence-electron chi connectivity index (χ3n) is 22.1. The van der Waals surface area contributed by atoms with Gasteiger partial charge in [0, 0.05) is 87.6 Å². The molecule has 8 aromatic heterocycles. The van der Waals surface area contributed by atoms with Crippen LogP contribution >= 0.6 is 11.6 Å². The van der Waals surface area contributed by atoms with Crippen LogP contribution in [0, 0.1) is 38.5 Å². The zero-order chi connectivity index (χ0) is 97.5. The maximum absolute atomic E-state index is 11.0. The van der Waals surface area contributed by atoms with E-state index in [0.29, 0.717) is 126 Å². The van der Waals surface area contributed by atoms with Crippen molar-refractivity contribution in [2.45, 2.75) is 106 Å². The predicted molar refractivity (Wildman–Crippen MR) is 512 cm³/mol. The highest BCUT2D eigenvalue weighted by Gasteiger charge is 2.25. The van der Waals surface area contributed by atoms with Crippen LogP contribution in [0.3, 0.4) is 0 Å². The van der Waals surface area contributed by atoms with E-state index in [1.54, 1.807) is 56.7 Å². The molecule has 0 radical (unpaired) electrons. The van der Waals surface area contributed by atoms with E-state index >= 15 is 0 Å². The lowest BCUT2D eigenvalue weighted by atomic mass is 9.94. The van der Waals surface area contributed by atoms with Crippen molar-refractivity contribution in [3.05, 3.63) is 202 Å². The second kappa shape index (κ2) is 52.5. The number of fused-ring (bicyclic) bond motifs is 5. The summed E-state index contributed by atoms with van der Waals surface area (Å²) in [6.45, 7) is 23.4. The van der Waals surface area contributed by atoms with Gasteiger partial charge in [-0.15, -0.1) is 26.9 Å². The van der Waals surface area contributed by atoms with E-state index in [-0.39, 0.29) is 33.9 Å². The van der Waals surface area contributed by atoms with Crippen molar-refractivity contribution in [1.82, 2.24) is 56.4 Å². The molecule has 0 saturated carbocycles. The molecule has 0 atom stereocenters. The fraction of sp³-hybridized carbons (Fsp3) is 0.378. The van der Waals surface area contributed by atoms with Crippen LogP contribution in [-0.4, -0.2) is 209 Å². The number of carbonyl (C=O) groups excluding carboxylic acids is 2. The molecule has 3 aliphatic heterocycles. The molecule has 0 spiro atoms. The SMILES string of the molecule is CCOc1noc2cc(O)ccc12.CCOc1noc2cc(OC)ccc12.CCOc1noc2cc(OCCC3CCN(c4ccc(C)nn4)CC3)ccc12.CCOc1noc2cc(OCCC3CCN(c4ccc(C)nn4)CC3)ccc12.COC(=O)c1ccc(OC)cc1O.COc1ccc(C(=O)OO)c(O)c1.COc1ccc2c(=O)[nH]oc2c1.Cc1ccc(N2CCC(CCCl)CC2)nn1. The lowest BCUT2D eigenvalue weighted by molar-refractivity contribution is -0.182. The number of hydrogen-bond acceptors (Lipinski definition) is 37. The number of hydrogen-bond donors (Lipinski definition) is 5. The highest BCUT2D eigenvalue weighted by atomic mass is 35.5. The number of ether oxygens (including phenoxy) is 11. The summed E-state index contributed by atoms with van der Waals surface area (Å²) in [5.74, 6) is 10.0. The molecular formula is C98H115ClN14O24. The smallest absolute Gasteiger partial charge is 0.376 e. The minimum Gasteiger partial charge on any atom is -0.508 e. The number of aromatic hydroxyl groups is 3. The largest absolute Gasteiger partial charge is 0.508 e. The van der Waals surface area contributed by atoms with Gasteiger partial charge in [0.1, 0.15) is 62.9 Å². The number of benzene rings is 7. The standard InChI is InChI=1S/2C21H26N4O3.C12H18ClN3.C10H11NO3.C9H9NO3.C9H10O4.C8H7NO3.C8H8O5/c2*1-3-26-21-18-6-5-17(14-19(18)28-24-21)27-13-10-16-8-11-25(12-9-16)20-7-4-15(2)22-23-20;1-10-2-3-12(15-14-10)16-8-5-11(4-7-13)6-9-16;1-3-13-10-8-5-4-7(12-2)6-9(8)14-11-10;1-2-12-9-7-4-3-6(11)5-8(7)13-10-9;1-12-6-3-4-7(8(10)5-6)9(11)13-2;1-11-5-2-3-6-7(4-5)12-9-8(6)10;1-12-5-2-3-6(7(9)4-5)8(10)13-11/h2*4-7,14,16H,3,8-13H2,1-2H3;2-3,11H,4-9H2,1H3;4-6H,3H2,1-2H3;3-5,11H,2H2,1H3;3-5,10H,1-2H3;2-4H,1H3,(H,9,10);2-4,9,11H,1H3. The Bertz CT molecular complexity index is 6070. The number of nitrogens with one attached hydrogen (secondary N) is 1. The quantitative estimate of drug-likeness (QED) is 0.0138. The summed E-state index contributed by atoms with van der Waals surface area (Å²) in [7, 11) is 7.34. The summed E-state index contributed by atoms with van der Waals surface area (Å²) in [5.41, 5.74) is 5.76. The molecule has 39 heteroatoms. The topological polar surface area (TPSA) is 463 Å². The number of halogens is 1.